The van der Waals surface area contributed by atoms with Gasteiger partial charge in [0.1, 0.15) is 0 Å². The lowest BCUT2D eigenvalue weighted by Crippen LogP contribution is -2.49. The number of carbonyl (C=O) groups is 1. The summed E-state index contributed by atoms with van der Waals surface area (Å²) < 4.78 is 27.8. The molecule has 0 spiro atoms. The van der Waals surface area contributed by atoms with Crippen molar-refractivity contribution in [2.75, 3.05) is 25.4 Å². The van der Waals surface area contributed by atoms with Crippen molar-refractivity contribution in [3.63, 3.8) is 0 Å². The van der Waals surface area contributed by atoms with E-state index in [4.69, 9.17) is 0 Å². The molecular weight excluding hydrogens is 530 g/mol. The SMILES string of the molecule is CCCN(CCC)S(=O)(=O)CCC(=O)N[C@@H](Cc1cccc(Br)c1)[C@H](O)CNCc1ccccc1. The molecule has 194 valence electrons. The largest absolute Gasteiger partial charge is 0.390 e. The number of carbonyl (C=O) groups excluding carboxylic acids is 1. The first kappa shape index (κ1) is 29.5. The molecule has 0 bridgehead atoms. The van der Waals surface area contributed by atoms with Gasteiger partial charge in [0.2, 0.25) is 15.9 Å². The maximum absolute atomic E-state index is 12.8. The first-order valence-electron chi connectivity index (χ1n) is 12.2. The van der Waals surface area contributed by atoms with Crippen LogP contribution in [0.2, 0.25) is 0 Å². The highest BCUT2D eigenvalue weighted by molar-refractivity contribution is 9.10. The fourth-order valence-corrected chi connectivity index (χ4v) is 5.89. The molecule has 0 saturated heterocycles. The summed E-state index contributed by atoms with van der Waals surface area (Å²) in [6.07, 6.45) is 0.870. The number of aliphatic hydroxyl groups excluding tert-OH is 1. The van der Waals surface area contributed by atoms with Crippen LogP contribution < -0.4 is 10.6 Å². The minimum Gasteiger partial charge on any atom is -0.390 e. The third-order valence-corrected chi connectivity index (χ3v) is 7.97. The highest BCUT2D eigenvalue weighted by atomic mass is 79.9. The van der Waals surface area contributed by atoms with Gasteiger partial charge in [-0.1, -0.05) is 72.2 Å². The van der Waals surface area contributed by atoms with Crippen LogP contribution in [0.15, 0.2) is 59.1 Å². The van der Waals surface area contributed by atoms with Gasteiger partial charge >= 0.3 is 0 Å². The number of hydrogen-bond donors (Lipinski definition) is 3. The Hall–Kier alpha value is -1.78. The summed E-state index contributed by atoms with van der Waals surface area (Å²) in [6.45, 7) is 5.66. The molecule has 0 aliphatic carbocycles. The lowest BCUT2D eigenvalue weighted by atomic mass is 10.0. The molecule has 0 radical (unpaired) electrons. The molecule has 1 amide bonds. The van der Waals surface area contributed by atoms with E-state index in [1.54, 1.807) is 0 Å². The van der Waals surface area contributed by atoms with Crippen LogP contribution in [0.5, 0.6) is 0 Å². The number of rotatable bonds is 16. The Labute approximate surface area is 218 Å². The third kappa shape index (κ3) is 10.8. The minimum atomic E-state index is -3.52. The van der Waals surface area contributed by atoms with Gasteiger partial charge in [-0.2, -0.15) is 0 Å². The number of nitrogens with zero attached hydrogens (tertiary/aromatic N) is 1. The number of nitrogens with one attached hydrogen (secondary N) is 2. The first-order valence-corrected chi connectivity index (χ1v) is 14.6. The van der Waals surface area contributed by atoms with E-state index in [9.17, 15) is 18.3 Å². The van der Waals surface area contributed by atoms with E-state index in [2.05, 4.69) is 26.6 Å². The van der Waals surface area contributed by atoms with Gasteiger partial charge in [-0.3, -0.25) is 4.79 Å². The Bertz CT molecular complexity index is 999. The van der Waals surface area contributed by atoms with Crippen molar-refractivity contribution in [1.29, 1.82) is 0 Å². The number of amides is 1. The van der Waals surface area contributed by atoms with Gasteiger partial charge in [0, 0.05) is 37.1 Å². The zero-order valence-corrected chi connectivity index (χ0v) is 23.0. The van der Waals surface area contributed by atoms with Crippen molar-refractivity contribution < 1.29 is 18.3 Å². The summed E-state index contributed by atoms with van der Waals surface area (Å²) >= 11 is 3.46. The van der Waals surface area contributed by atoms with Crippen molar-refractivity contribution in [3.05, 3.63) is 70.2 Å². The zero-order valence-electron chi connectivity index (χ0n) is 20.6. The Morgan fingerprint density at radius 1 is 1.03 bits per heavy atom. The molecule has 0 aliphatic heterocycles. The normalized spacial score (nSPS) is 13.5. The molecule has 3 N–H and O–H groups in total. The van der Waals surface area contributed by atoms with E-state index >= 15 is 0 Å². The van der Waals surface area contributed by atoms with Crippen molar-refractivity contribution in [1.82, 2.24) is 14.9 Å². The average Bonchev–Trinajstić information content (AvgIpc) is 2.83. The second-order valence-corrected chi connectivity index (χ2v) is 11.7. The lowest BCUT2D eigenvalue weighted by Gasteiger charge is -2.25. The second-order valence-electron chi connectivity index (χ2n) is 8.66. The summed E-state index contributed by atoms with van der Waals surface area (Å²) in [7, 11) is -3.52. The van der Waals surface area contributed by atoms with Crippen LogP contribution in [0.25, 0.3) is 0 Å². The standard InChI is InChI=1S/C26H38BrN3O4S/c1-3-14-30(15-4-2)35(33,34)16-13-26(32)29-24(18-22-11-8-12-23(27)17-22)25(31)20-28-19-21-9-6-5-7-10-21/h5-12,17,24-25,28,31H,3-4,13-16,18-20H2,1-2H3,(H,29,32)/t24-,25+/m0/s1. The summed E-state index contributed by atoms with van der Waals surface area (Å²) in [5.41, 5.74) is 2.05. The van der Waals surface area contributed by atoms with Gasteiger partial charge < -0.3 is 15.7 Å². The average molecular weight is 569 g/mol. The summed E-state index contributed by atoms with van der Waals surface area (Å²) in [5, 5.41) is 17.0. The first-order chi connectivity index (χ1) is 16.7. The molecule has 35 heavy (non-hydrogen) atoms. The van der Waals surface area contributed by atoms with Crippen LogP contribution in [0.3, 0.4) is 0 Å². The van der Waals surface area contributed by atoms with Crippen LogP contribution in [0, 0.1) is 0 Å². The summed E-state index contributed by atoms with van der Waals surface area (Å²) in [6, 6.07) is 17.0. The number of hydrogen-bond acceptors (Lipinski definition) is 5. The number of benzene rings is 2. The van der Waals surface area contributed by atoms with Gasteiger partial charge in [-0.15, -0.1) is 0 Å². The zero-order chi connectivity index (χ0) is 25.7. The van der Waals surface area contributed by atoms with E-state index in [-0.39, 0.29) is 24.6 Å². The van der Waals surface area contributed by atoms with Crippen molar-refractivity contribution in [2.24, 2.45) is 0 Å². The van der Waals surface area contributed by atoms with Crippen LogP contribution >= 0.6 is 15.9 Å². The Kier molecular flexibility index (Phi) is 12.9. The fourth-order valence-electron chi connectivity index (χ4n) is 3.82. The maximum Gasteiger partial charge on any atom is 0.221 e. The molecule has 0 heterocycles. The molecule has 7 nitrogen and oxygen atoms in total. The van der Waals surface area contributed by atoms with Crippen LogP contribution in [-0.2, 0) is 27.8 Å². The molecule has 2 atom stereocenters. The quantitative estimate of drug-likeness (QED) is 0.288. The van der Waals surface area contributed by atoms with Crippen molar-refractivity contribution >= 4 is 31.9 Å². The monoisotopic (exact) mass is 567 g/mol. The number of aliphatic hydroxyl groups is 1. The topological polar surface area (TPSA) is 98.7 Å². The van der Waals surface area contributed by atoms with Gasteiger partial charge in [-0.05, 0) is 42.5 Å². The highest BCUT2D eigenvalue weighted by Gasteiger charge is 2.25. The predicted octanol–water partition coefficient (Wildman–Crippen LogP) is 3.47. The molecule has 9 heteroatoms. The summed E-state index contributed by atoms with van der Waals surface area (Å²) in [4.78, 5) is 12.8. The van der Waals surface area contributed by atoms with E-state index in [0.717, 1.165) is 28.4 Å². The fraction of sp³-hybridized carbons (Fsp3) is 0.500. The summed E-state index contributed by atoms with van der Waals surface area (Å²) in [5.74, 6) is -0.631. The van der Waals surface area contributed by atoms with E-state index in [1.807, 2.05) is 68.4 Å². The molecule has 0 fully saturated rings. The second kappa shape index (κ2) is 15.4. The molecule has 0 saturated carbocycles. The van der Waals surface area contributed by atoms with E-state index in [0.29, 0.717) is 26.1 Å². The number of sulfonamides is 1. The van der Waals surface area contributed by atoms with Gasteiger partial charge in [-0.25, -0.2) is 12.7 Å². The van der Waals surface area contributed by atoms with Gasteiger partial charge in [0.15, 0.2) is 0 Å². The Balaban J connectivity index is 2.01. The molecule has 2 aromatic rings. The smallest absolute Gasteiger partial charge is 0.221 e. The Morgan fingerprint density at radius 3 is 2.31 bits per heavy atom. The molecule has 0 aliphatic rings. The third-order valence-electron chi connectivity index (χ3n) is 5.61. The molecular formula is C26H38BrN3O4S. The lowest BCUT2D eigenvalue weighted by molar-refractivity contribution is -0.122. The van der Waals surface area contributed by atoms with Crippen LogP contribution in [0.4, 0.5) is 0 Å². The molecule has 0 unspecified atom stereocenters. The van der Waals surface area contributed by atoms with E-state index < -0.39 is 22.2 Å². The van der Waals surface area contributed by atoms with Crippen LogP contribution in [0.1, 0.15) is 44.2 Å². The van der Waals surface area contributed by atoms with Crippen molar-refractivity contribution in [3.8, 4) is 0 Å². The molecule has 2 rings (SSSR count). The maximum atomic E-state index is 12.8. The molecule has 2 aromatic carbocycles. The van der Waals surface area contributed by atoms with Crippen molar-refractivity contribution in [2.45, 2.75) is 58.2 Å². The van der Waals surface area contributed by atoms with Gasteiger partial charge in [0.25, 0.3) is 0 Å². The minimum absolute atomic E-state index is 0.147. The highest BCUT2D eigenvalue weighted by Crippen LogP contribution is 2.15. The number of halogens is 1. The molecule has 0 aromatic heterocycles. The predicted molar refractivity (Wildman–Crippen MR) is 144 cm³/mol. The van der Waals surface area contributed by atoms with E-state index in [1.165, 1.54) is 4.31 Å². The van der Waals surface area contributed by atoms with Crippen LogP contribution in [-0.4, -0.2) is 61.3 Å². The Morgan fingerprint density at radius 2 is 1.69 bits per heavy atom. The van der Waals surface area contributed by atoms with Gasteiger partial charge in [0.05, 0.1) is 17.9 Å².